The van der Waals surface area contributed by atoms with Gasteiger partial charge in [-0.2, -0.15) is 4.98 Å². The molecule has 0 bridgehead atoms. The van der Waals surface area contributed by atoms with Gasteiger partial charge < -0.3 is 16.0 Å². The van der Waals surface area contributed by atoms with Gasteiger partial charge >= 0.3 is 0 Å². The second-order valence-electron chi connectivity index (χ2n) is 5.27. The van der Waals surface area contributed by atoms with E-state index < -0.39 is 0 Å². The number of nitrogens with two attached hydrogens (primary N) is 1. The third-order valence-electron chi connectivity index (χ3n) is 3.89. The molecule has 0 radical (unpaired) electrons. The van der Waals surface area contributed by atoms with E-state index in [0.717, 1.165) is 35.4 Å². The third-order valence-corrected chi connectivity index (χ3v) is 4.70. The number of hydrogen-bond donors (Lipinski definition) is 2. The van der Waals surface area contributed by atoms with E-state index in [1.807, 2.05) is 5.38 Å². The molecule has 0 aliphatic carbocycles. The molecule has 5 nitrogen and oxygen atoms in total. The van der Waals surface area contributed by atoms with Crippen LogP contribution in [0.25, 0.3) is 10.2 Å². The van der Waals surface area contributed by atoms with Crippen molar-refractivity contribution >= 4 is 33.3 Å². The highest BCUT2D eigenvalue weighted by molar-refractivity contribution is 7.16. The van der Waals surface area contributed by atoms with Crippen molar-refractivity contribution in [3.8, 4) is 0 Å². The van der Waals surface area contributed by atoms with Crippen LogP contribution in [0.1, 0.15) is 19.8 Å². The number of likely N-dealkylation sites (tertiary alicyclic amines) is 1. The van der Waals surface area contributed by atoms with Crippen LogP contribution < -0.4 is 11.1 Å². The van der Waals surface area contributed by atoms with Crippen LogP contribution in [0.5, 0.6) is 0 Å². The van der Waals surface area contributed by atoms with Gasteiger partial charge in [0.15, 0.2) is 0 Å². The largest absolute Gasteiger partial charge is 0.368 e. The van der Waals surface area contributed by atoms with Crippen LogP contribution in [0.15, 0.2) is 11.4 Å². The van der Waals surface area contributed by atoms with Gasteiger partial charge in [-0.15, -0.1) is 11.3 Å². The van der Waals surface area contributed by atoms with Crippen molar-refractivity contribution in [1.82, 2.24) is 14.9 Å². The average Bonchev–Trinajstić information content (AvgIpc) is 2.82. The molecule has 0 spiro atoms. The molecule has 2 aromatic rings. The Bertz CT molecular complexity index is 581. The summed E-state index contributed by atoms with van der Waals surface area (Å²) in [6, 6.07) is 3.12. The molecule has 3 rings (SSSR count). The lowest BCUT2D eigenvalue weighted by Crippen LogP contribution is -2.42. The van der Waals surface area contributed by atoms with Crippen molar-refractivity contribution in [3.63, 3.8) is 0 Å². The van der Waals surface area contributed by atoms with Crippen LogP contribution in [0.2, 0.25) is 0 Å². The van der Waals surface area contributed by atoms with Gasteiger partial charge in [-0.25, -0.2) is 4.98 Å². The number of hydrogen-bond acceptors (Lipinski definition) is 6. The summed E-state index contributed by atoms with van der Waals surface area (Å²) in [6.45, 7) is 3.38. The van der Waals surface area contributed by atoms with E-state index in [0.29, 0.717) is 18.0 Å². The molecule has 0 saturated carbocycles. The molecule has 0 amide bonds. The lowest BCUT2D eigenvalue weighted by molar-refractivity contribution is 0.190. The minimum Gasteiger partial charge on any atom is -0.368 e. The van der Waals surface area contributed by atoms with E-state index in [9.17, 15) is 0 Å². The van der Waals surface area contributed by atoms with Gasteiger partial charge in [0.2, 0.25) is 5.95 Å². The van der Waals surface area contributed by atoms with E-state index in [1.54, 1.807) is 11.3 Å². The second kappa shape index (κ2) is 4.94. The first-order chi connectivity index (χ1) is 9.13. The van der Waals surface area contributed by atoms with Crippen molar-refractivity contribution in [2.24, 2.45) is 0 Å². The number of anilines is 2. The molecule has 2 atom stereocenters. The van der Waals surface area contributed by atoms with Crippen LogP contribution in [0.3, 0.4) is 0 Å². The Morgan fingerprint density at radius 2 is 2.32 bits per heavy atom. The first kappa shape index (κ1) is 12.6. The number of piperidine rings is 1. The number of nitrogens with zero attached hydrogens (tertiary/aromatic N) is 3. The normalized spacial score (nSPS) is 24.7. The Balaban J connectivity index is 1.83. The molecular weight excluding hydrogens is 258 g/mol. The first-order valence-electron chi connectivity index (χ1n) is 6.61. The van der Waals surface area contributed by atoms with Gasteiger partial charge in [0, 0.05) is 18.6 Å². The predicted molar refractivity (Wildman–Crippen MR) is 80.6 cm³/mol. The summed E-state index contributed by atoms with van der Waals surface area (Å²) in [6.07, 6.45) is 2.27. The Morgan fingerprint density at radius 3 is 3.11 bits per heavy atom. The number of fused-ring (bicyclic) bond motifs is 1. The zero-order valence-corrected chi connectivity index (χ0v) is 12.1. The minimum absolute atomic E-state index is 0.346. The van der Waals surface area contributed by atoms with Crippen LogP contribution in [-0.2, 0) is 0 Å². The molecule has 102 valence electrons. The van der Waals surface area contributed by atoms with Crippen molar-refractivity contribution in [2.45, 2.75) is 31.8 Å². The molecule has 3 N–H and O–H groups in total. The Labute approximate surface area is 116 Å². The first-order valence-corrected chi connectivity index (χ1v) is 7.49. The maximum atomic E-state index is 5.77. The highest BCUT2D eigenvalue weighted by Gasteiger charge is 2.23. The average molecular weight is 277 g/mol. The SMILES string of the molecule is CC1CC(Nc2nc(N)nc3sccc23)CCN1C. The molecule has 2 unspecified atom stereocenters. The van der Waals surface area contributed by atoms with Crippen molar-refractivity contribution < 1.29 is 0 Å². The molecule has 3 heterocycles. The van der Waals surface area contributed by atoms with Gasteiger partial charge in [0.05, 0.1) is 5.39 Å². The van der Waals surface area contributed by atoms with E-state index in [1.165, 1.54) is 0 Å². The summed E-state index contributed by atoms with van der Waals surface area (Å²) >= 11 is 1.60. The Morgan fingerprint density at radius 1 is 1.47 bits per heavy atom. The van der Waals surface area contributed by atoms with Crippen molar-refractivity contribution in [1.29, 1.82) is 0 Å². The number of thiophene rings is 1. The molecule has 1 aliphatic rings. The van der Waals surface area contributed by atoms with Gasteiger partial charge in [-0.05, 0) is 38.3 Å². The fourth-order valence-electron chi connectivity index (χ4n) is 2.60. The molecular formula is C13H19N5S. The third kappa shape index (κ3) is 2.50. The lowest BCUT2D eigenvalue weighted by Gasteiger charge is -2.35. The van der Waals surface area contributed by atoms with Crippen molar-refractivity contribution in [2.75, 3.05) is 24.6 Å². The minimum atomic E-state index is 0.346. The quantitative estimate of drug-likeness (QED) is 0.880. The number of aromatic nitrogens is 2. The van der Waals surface area contributed by atoms with Crippen LogP contribution in [0.4, 0.5) is 11.8 Å². The predicted octanol–water partition coefficient (Wildman–Crippen LogP) is 2.17. The van der Waals surface area contributed by atoms with Gasteiger partial charge in [-0.3, -0.25) is 0 Å². The fraction of sp³-hybridized carbons (Fsp3) is 0.538. The summed E-state index contributed by atoms with van der Waals surface area (Å²) in [5.74, 6) is 1.23. The van der Waals surface area contributed by atoms with Crippen LogP contribution in [-0.4, -0.2) is 40.5 Å². The van der Waals surface area contributed by atoms with Crippen LogP contribution in [0, 0.1) is 0 Å². The zero-order chi connectivity index (χ0) is 13.4. The van der Waals surface area contributed by atoms with E-state index in [-0.39, 0.29) is 0 Å². The molecule has 1 aliphatic heterocycles. The summed E-state index contributed by atoms with van der Waals surface area (Å²) in [7, 11) is 2.18. The summed E-state index contributed by atoms with van der Waals surface area (Å²) in [4.78, 5) is 12.0. The topological polar surface area (TPSA) is 67.1 Å². The van der Waals surface area contributed by atoms with Crippen molar-refractivity contribution in [3.05, 3.63) is 11.4 Å². The van der Waals surface area contributed by atoms with E-state index >= 15 is 0 Å². The fourth-order valence-corrected chi connectivity index (χ4v) is 3.37. The van der Waals surface area contributed by atoms with Gasteiger partial charge in [0.1, 0.15) is 10.6 Å². The maximum Gasteiger partial charge on any atom is 0.223 e. The van der Waals surface area contributed by atoms with E-state index in [2.05, 4.69) is 40.2 Å². The maximum absolute atomic E-state index is 5.77. The highest BCUT2D eigenvalue weighted by atomic mass is 32.1. The standard InChI is InChI=1S/C13H19N5S/c1-8-7-9(3-5-18(8)2)15-11-10-4-6-19-12(10)17-13(14)16-11/h4,6,8-9H,3,5,7H2,1-2H3,(H3,14,15,16,17). The Kier molecular flexibility index (Phi) is 3.28. The number of nitrogen functional groups attached to an aromatic ring is 1. The molecule has 6 heteroatoms. The zero-order valence-electron chi connectivity index (χ0n) is 11.3. The molecule has 2 aromatic heterocycles. The molecule has 19 heavy (non-hydrogen) atoms. The molecule has 0 aromatic carbocycles. The second-order valence-corrected chi connectivity index (χ2v) is 6.16. The monoisotopic (exact) mass is 277 g/mol. The van der Waals surface area contributed by atoms with E-state index in [4.69, 9.17) is 5.73 Å². The lowest BCUT2D eigenvalue weighted by atomic mass is 9.99. The highest BCUT2D eigenvalue weighted by Crippen LogP contribution is 2.28. The number of rotatable bonds is 2. The summed E-state index contributed by atoms with van der Waals surface area (Å²) in [5, 5.41) is 6.65. The Hall–Kier alpha value is -1.40. The van der Waals surface area contributed by atoms with Gasteiger partial charge in [0.25, 0.3) is 0 Å². The number of nitrogens with one attached hydrogen (secondary N) is 1. The van der Waals surface area contributed by atoms with Gasteiger partial charge in [-0.1, -0.05) is 0 Å². The molecule has 1 fully saturated rings. The molecule has 1 saturated heterocycles. The summed E-state index contributed by atoms with van der Waals surface area (Å²) in [5.41, 5.74) is 5.77. The summed E-state index contributed by atoms with van der Waals surface area (Å²) < 4.78 is 0. The van der Waals surface area contributed by atoms with Crippen LogP contribution >= 0.6 is 11.3 Å². The smallest absolute Gasteiger partial charge is 0.223 e.